The van der Waals surface area contributed by atoms with Crippen LogP contribution >= 0.6 is 0 Å². The molecular weight excluding hydrogens is 242 g/mol. The van der Waals surface area contributed by atoms with Gasteiger partial charge in [0.1, 0.15) is 5.75 Å². The number of fused-ring (bicyclic) bond motifs is 1. The quantitative estimate of drug-likeness (QED) is 0.905. The highest BCUT2D eigenvalue weighted by molar-refractivity contribution is 5.70. The van der Waals surface area contributed by atoms with Crippen LogP contribution in [0.2, 0.25) is 0 Å². The van der Waals surface area contributed by atoms with Crippen LogP contribution in [0.15, 0.2) is 18.2 Å². The van der Waals surface area contributed by atoms with Crippen molar-refractivity contribution in [2.45, 2.75) is 25.3 Å². The minimum Gasteiger partial charge on any atom is -0.497 e. The maximum atomic E-state index is 11.1. The molecule has 2 aliphatic rings. The Labute approximate surface area is 113 Å². The zero-order chi connectivity index (χ0) is 13.4. The van der Waals surface area contributed by atoms with Gasteiger partial charge in [-0.25, -0.2) is 0 Å². The fourth-order valence-corrected chi connectivity index (χ4v) is 3.34. The summed E-state index contributed by atoms with van der Waals surface area (Å²) in [5, 5.41) is 9.10. The van der Waals surface area contributed by atoms with Crippen LogP contribution in [0.5, 0.6) is 5.75 Å². The fourth-order valence-electron chi connectivity index (χ4n) is 3.34. The van der Waals surface area contributed by atoms with Crippen LogP contribution in [0, 0.1) is 5.92 Å². The number of aryl methyl sites for hydroxylation is 1. The van der Waals surface area contributed by atoms with Gasteiger partial charge in [-0.15, -0.1) is 0 Å². The van der Waals surface area contributed by atoms with Gasteiger partial charge in [0.15, 0.2) is 0 Å². The highest BCUT2D eigenvalue weighted by Crippen LogP contribution is 2.39. The van der Waals surface area contributed by atoms with Crippen molar-refractivity contribution in [1.82, 2.24) is 4.90 Å². The number of nitrogens with zero attached hydrogens (tertiary/aromatic N) is 1. The number of ether oxygens (including phenoxy) is 1. The summed E-state index contributed by atoms with van der Waals surface area (Å²) in [6.07, 6.45) is 2.94. The van der Waals surface area contributed by atoms with E-state index in [-0.39, 0.29) is 5.92 Å². The molecule has 1 saturated heterocycles. The van der Waals surface area contributed by atoms with Gasteiger partial charge in [-0.2, -0.15) is 0 Å². The smallest absolute Gasteiger partial charge is 0.307 e. The number of carboxylic acid groups (broad SMARTS) is 1. The van der Waals surface area contributed by atoms with Gasteiger partial charge in [0.2, 0.25) is 0 Å². The number of methoxy groups -OCH3 is 1. The second kappa shape index (κ2) is 4.85. The second-order valence-electron chi connectivity index (χ2n) is 5.44. The van der Waals surface area contributed by atoms with E-state index >= 15 is 0 Å². The zero-order valence-corrected chi connectivity index (χ0v) is 11.1. The van der Waals surface area contributed by atoms with Crippen molar-refractivity contribution in [1.29, 1.82) is 0 Å². The molecule has 1 heterocycles. The number of likely N-dealkylation sites (tertiary alicyclic amines) is 1. The molecule has 1 N–H and O–H groups in total. The molecule has 0 aromatic heterocycles. The van der Waals surface area contributed by atoms with Crippen molar-refractivity contribution in [2.24, 2.45) is 5.92 Å². The van der Waals surface area contributed by atoms with E-state index in [1.54, 1.807) is 7.11 Å². The number of benzene rings is 1. The van der Waals surface area contributed by atoms with Crippen LogP contribution in [-0.2, 0) is 11.2 Å². The molecule has 4 heteroatoms. The Kier molecular flexibility index (Phi) is 3.19. The van der Waals surface area contributed by atoms with Gasteiger partial charge in [0, 0.05) is 12.6 Å². The lowest BCUT2D eigenvalue weighted by Crippen LogP contribution is -2.26. The van der Waals surface area contributed by atoms with E-state index in [0.717, 1.165) is 31.6 Å². The first-order chi connectivity index (χ1) is 9.19. The van der Waals surface area contributed by atoms with Crippen LogP contribution < -0.4 is 4.74 Å². The molecule has 0 amide bonds. The van der Waals surface area contributed by atoms with Crippen molar-refractivity contribution < 1.29 is 14.6 Å². The van der Waals surface area contributed by atoms with Crippen molar-refractivity contribution in [3.63, 3.8) is 0 Å². The van der Waals surface area contributed by atoms with Gasteiger partial charge >= 0.3 is 5.97 Å². The van der Waals surface area contributed by atoms with E-state index in [1.165, 1.54) is 11.1 Å². The van der Waals surface area contributed by atoms with Crippen molar-refractivity contribution >= 4 is 5.97 Å². The van der Waals surface area contributed by atoms with Gasteiger partial charge in [-0.05, 0) is 49.1 Å². The van der Waals surface area contributed by atoms with Crippen LogP contribution in [-0.4, -0.2) is 36.2 Å². The second-order valence-corrected chi connectivity index (χ2v) is 5.44. The normalized spacial score (nSPS) is 26.4. The third kappa shape index (κ3) is 2.21. The van der Waals surface area contributed by atoms with Crippen LogP contribution in [0.3, 0.4) is 0 Å². The van der Waals surface area contributed by atoms with Crippen LogP contribution in [0.4, 0.5) is 0 Å². The maximum Gasteiger partial charge on any atom is 0.307 e. The van der Waals surface area contributed by atoms with E-state index in [9.17, 15) is 4.79 Å². The minimum atomic E-state index is -0.661. The van der Waals surface area contributed by atoms with Gasteiger partial charge in [0.25, 0.3) is 0 Å². The SMILES string of the molecule is COc1ccc2c(c1)C(N1CCC(C(=O)O)C1)CC2. The molecule has 0 saturated carbocycles. The first-order valence-corrected chi connectivity index (χ1v) is 6.82. The van der Waals surface area contributed by atoms with E-state index < -0.39 is 5.97 Å². The summed E-state index contributed by atoms with van der Waals surface area (Å²) >= 11 is 0. The lowest BCUT2D eigenvalue weighted by atomic mass is 10.1. The average molecular weight is 261 g/mol. The lowest BCUT2D eigenvalue weighted by Gasteiger charge is -2.24. The molecule has 3 rings (SSSR count). The Morgan fingerprint density at radius 2 is 2.26 bits per heavy atom. The summed E-state index contributed by atoms with van der Waals surface area (Å²) in [7, 11) is 1.68. The Hall–Kier alpha value is -1.55. The zero-order valence-electron chi connectivity index (χ0n) is 11.1. The van der Waals surface area contributed by atoms with Crippen LogP contribution in [0.25, 0.3) is 0 Å². The summed E-state index contributed by atoms with van der Waals surface area (Å²) in [5.74, 6) is 0.0284. The molecule has 4 nitrogen and oxygen atoms in total. The summed E-state index contributed by atoms with van der Waals surface area (Å²) in [6.45, 7) is 1.56. The molecular formula is C15H19NO3. The Morgan fingerprint density at radius 1 is 1.42 bits per heavy atom. The summed E-state index contributed by atoms with van der Waals surface area (Å²) in [4.78, 5) is 13.4. The molecule has 1 aromatic carbocycles. The molecule has 19 heavy (non-hydrogen) atoms. The lowest BCUT2D eigenvalue weighted by molar-refractivity contribution is -0.141. The molecule has 0 radical (unpaired) electrons. The standard InChI is InChI=1S/C15H19NO3/c1-19-12-4-2-10-3-5-14(13(10)8-12)16-7-6-11(9-16)15(17)18/h2,4,8,11,14H,3,5-7,9H2,1H3,(H,17,18). The number of hydrogen-bond donors (Lipinski definition) is 1. The molecule has 102 valence electrons. The Bertz CT molecular complexity index is 500. The van der Waals surface area contributed by atoms with Gasteiger partial charge in [-0.1, -0.05) is 6.07 Å². The third-order valence-corrected chi connectivity index (χ3v) is 4.41. The van der Waals surface area contributed by atoms with E-state index in [2.05, 4.69) is 17.0 Å². The molecule has 1 aliphatic heterocycles. The number of rotatable bonds is 3. The summed E-state index contributed by atoms with van der Waals surface area (Å²) < 4.78 is 5.30. The summed E-state index contributed by atoms with van der Waals surface area (Å²) in [5.41, 5.74) is 2.70. The number of carbonyl (C=O) groups is 1. The predicted molar refractivity (Wildman–Crippen MR) is 71.4 cm³/mol. The molecule has 1 aromatic rings. The number of carboxylic acids is 1. The highest BCUT2D eigenvalue weighted by atomic mass is 16.5. The third-order valence-electron chi connectivity index (χ3n) is 4.41. The largest absolute Gasteiger partial charge is 0.497 e. The topological polar surface area (TPSA) is 49.8 Å². The Balaban J connectivity index is 1.80. The number of aliphatic carboxylic acids is 1. The molecule has 0 spiro atoms. The maximum absolute atomic E-state index is 11.1. The van der Waals surface area contributed by atoms with Gasteiger partial charge in [-0.3, -0.25) is 9.69 Å². The Morgan fingerprint density at radius 3 is 2.95 bits per heavy atom. The molecule has 2 atom stereocenters. The van der Waals surface area contributed by atoms with E-state index in [1.807, 2.05) is 6.07 Å². The molecule has 0 bridgehead atoms. The molecule has 1 aliphatic carbocycles. The van der Waals surface area contributed by atoms with Crippen LogP contribution in [0.1, 0.15) is 30.0 Å². The summed E-state index contributed by atoms with van der Waals surface area (Å²) in [6, 6.07) is 6.63. The minimum absolute atomic E-state index is 0.199. The fraction of sp³-hybridized carbons (Fsp3) is 0.533. The van der Waals surface area contributed by atoms with Gasteiger partial charge < -0.3 is 9.84 Å². The first kappa shape index (κ1) is 12.5. The molecule has 1 fully saturated rings. The van der Waals surface area contributed by atoms with E-state index in [4.69, 9.17) is 9.84 Å². The first-order valence-electron chi connectivity index (χ1n) is 6.82. The molecule has 2 unspecified atom stereocenters. The van der Waals surface area contributed by atoms with Crippen molar-refractivity contribution in [3.05, 3.63) is 29.3 Å². The van der Waals surface area contributed by atoms with Gasteiger partial charge in [0.05, 0.1) is 13.0 Å². The van der Waals surface area contributed by atoms with E-state index in [0.29, 0.717) is 12.6 Å². The highest BCUT2D eigenvalue weighted by Gasteiger charge is 2.35. The number of hydrogen-bond acceptors (Lipinski definition) is 3. The van der Waals surface area contributed by atoms with Crippen molar-refractivity contribution in [2.75, 3.05) is 20.2 Å². The monoisotopic (exact) mass is 261 g/mol. The predicted octanol–water partition coefficient (Wildman–Crippen LogP) is 2.09. The van der Waals surface area contributed by atoms with Crippen molar-refractivity contribution in [3.8, 4) is 5.75 Å². The average Bonchev–Trinajstić information content (AvgIpc) is 3.03.